The molecule has 1 radical (unpaired) electrons. The Labute approximate surface area is 75.6 Å². The van der Waals surface area contributed by atoms with Gasteiger partial charge in [0.05, 0.1) is 0 Å². The van der Waals surface area contributed by atoms with Gasteiger partial charge in [-0.2, -0.15) is 0 Å². The SMILES string of the molecule is C[C](C)CN1CCC(CO)CC1. The maximum atomic E-state index is 8.94. The van der Waals surface area contributed by atoms with Crippen LogP contribution in [0.1, 0.15) is 26.7 Å². The van der Waals surface area contributed by atoms with Gasteiger partial charge in [-0.25, -0.2) is 0 Å². The van der Waals surface area contributed by atoms with Crippen molar-refractivity contribution in [2.75, 3.05) is 26.2 Å². The van der Waals surface area contributed by atoms with E-state index in [0.717, 1.165) is 19.6 Å². The summed E-state index contributed by atoms with van der Waals surface area (Å²) in [7, 11) is 0. The van der Waals surface area contributed by atoms with Crippen LogP contribution in [-0.2, 0) is 0 Å². The second-order valence-corrected chi connectivity index (χ2v) is 4.11. The van der Waals surface area contributed by atoms with Crippen molar-refractivity contribution in [2.24, 2.45) is 5.92 Å². The van der Waals surface area contributed by atoms with Gasteiger partial charge in [-0.3, -0.25) is 0 Å². The van der Waals surface area contributed by atoms with Crippen LogP contribution in [0.3, 0.4) is 0 Å². The molecule has 0 saturated carbocycles. The van der Waals surface area contributed by atoms with Crippen molar-refractivity contribution in [3.8, 4) is 0 Å². The molecule has 0 aromatic carbocycles. The quantitative estimate of drug-likeness (QED) is 0.690. The van der Waals surface area contributed by atoms with Crippen LogP contribution < -0.4 is 0 Å². The third kappa shape index (κ3) is 3.11. The standard InChI is InChI=1S/C10H20NO/c1-9(2)7-11-5-3-10(8-12)4-6-11/h10,12H,3-8H2,1-2H3. The molecule has 0 spiro atoms. The van der Waals surface area contributed by atoms with E-state index >= 15 is 0 Å². The van der Waals surface area contributed by atoms with Gasteiger partial charge in [0.1, 0.15) is 0 Å². The minimum atomic E-state index is 0.378. The van der Waals surface area contributed by atoms with Crippen LogP contribution in [0.5, 0.6) is 0 Å². The predicted molar refractivity (Wildman–Crippen MR) is 50.8 cm³/mol. The first-order valence-electron chi connectivity index (χ1n) is 4.84. The molecule has 1 rings (SSSR count). The van der Waals surface area contributed by atoms with Crippen molar-refractivity contribution in [1.82, 2.24) is 4.90 Å². The number of hydrogen-bond acceptors (Lipinski definition) is 2. The van der Waals surface area contributed by atoms with Crippen LogP contribution in [-0.4, -0.2) is 36.2 Å². The molecule has 0 atom stereocenters. The molecule has 1 heterocycles. The van der Waals surface area contributed by atoms with Crippen molar-refractivity contribution in [1.29, 1.82) is 0 Å². The molecule has 0 amide bonds. The van der Waals surface area contributed by atoms with Gasteiger partial charge in [0.25, 0.3) is 0 Å². The van der Waals surface area contributed by atoms with Crippen LogP contribution in [0.25, 0.3) is 0 Å². The van der Waals surface area contributed by atoms with E-state index < -0.39 is 0 Å². The van der Waals surface area contributed by atoms with Gasteiger partial charge in [0.2, 0.25) is 0 Å². The monoisotopic (exact) mass is 170 g/mol. The van der Waals surface area contributed by atoms with Crippen molar-refractivity contribution in [3.63, 3.8) is 0 Å². The number of nitrogens with zero attached hydrogens (tertiary/aromatic N) is 1. The molecule has 0 aliphatic carbocycles. The van der Waals surface area contributed by atoms with Gasteiger partial charge >= 0.3 is 0 Å². The smallest absolute Gasteiger partial charge is 0.0460 e. The lowest BCUT2D eigenvalue weighted by molar-refractivity contribution is 0.135. The molecule has 71 valence electrons. The number of aliphatic hydroxyl groups excluding tert-OH is 1. The molecule has 1 fully saturated rings. The first kappa shape index (κ1) is 10.0. The molecule has 0 bridgehead atoms. The van der Waals surface area contributed by atoms with E-state index in [1.165, 1.54) is 18.8 Å². The number of rotatable bonds is 3. The molecule has 1 aliphatic heterocycles. The van der Waals surface area contributed by atoms with Crippen molar-refractivity contribution in [2.45, 2.75) is 26.7 Å². The van der Waals surface area contributed by atoms with E-state index in [4.69, 9.17) is 5.11 Å². The zero-order valence-electron chi connectivity index (χ0n) is 8.21. The van der Waals surface area contributed by atoms with E-state index in [-0.39, 0.29) is 0 Å². The van der Waals surface area contributed by atoms with Gasteiger partial charge < -0.3 is 10.0 Å². The average molecular weight is 170 g/mol. The first-order valence-corrected chi connectivity index (χ1v) is 4.84. The maximum absolute atomic E-state index is 8.94. The minimum Gasteiger partial charge on any atom is -0.396 e. The van der Waals surface area contributed by atoms with Crippen molar-refractivity contribution >= 4 is 0 Å². The van der Waals surface area contributed by atoms with E-state index in [0.29, 0.717) is 12.5 Å². The topological polar surface area (TPSA) is 23.5 Å². The van der Waals surface area contributed by atoms with Gasteiger partial charge in [-0.05, 0) is 37.8 Å². The van der Waals surface area contributed by atoms with Gasteiger partial charge in [0, 0.05) is 13.2 Å². The molecule has 1 aliphatic rings. The lowest BCUT2D eigenvalue weighted by Gasteiger charge is -2.31. The number of likely N-dealkylation sites (tertiary alicyclic amines) is 1. The Morgan fingerprint density at radius 1 is 1.33 bits per heavy atom. The molecule has 0 aromatic rings. The number of piperidine rings is 1. The fourth-order valence-electron chi connectivity index (χ4n) is 1.77. The molecule has 1 N–H and O–H groups in total. The molecule has 2 heteroatoms. The third-order valence-corrected chi connectivity index (χ3v) is 2.51. The summed E-state index contributed by atoms with van der Waals surface area (Å²) in [6, 6.07) is 0. The molecule has 0 aromatic heterocycles. The third-order valence-electron chi connectivity index (χ3n) is 2.51. The molecule has 2 nitrogen and oxygen atoms in total. The van der Waals surface area contributed by atoms with Crippen LogP contribution in [0.2, 0.25) is 0 Å². The Hall–Kier alpha value is -0.0800. The summed E-state index contributed by atoms with van der Waals surface area (Å²) >= 11 is 0. The predicted octanol–water partition coefficient (Wildman–Crippen LogP) is 1.30. The highest BCUT2D eigenvalue weighted by Gasteiger charge is 2.18. The zero-order valence-corrected chi connectivity index (χ0v) is 8.21. The van der Waals surface area contributed by atoms with Crippen LogP contribution >= 0.6 is 0 Å². The van der Waals surface area contributed by atoms with Crippen molar-refractivity contribution in [3.05, 3.63) is 5.92 Å². The minimum absolute atomic E-state index is 0.378. The highest BCUT2D eigenvalue weighted by atomic mass is 16.3. The Morgan fingerprint density at radius 3 is 2.33 bits per heavy atom. The van der Waals surface area contributed by atoms with Crippen LogP contribution in [0.4, 0.5) is 0 Å². The van der Waals surface area contributed by atoms with Crippen LogP contribution in [0, 0.1) is 11.8 Å². The largest absolute Gasteiger partial charge is 0.396 e. The Balaban J connectivity index is 2.17. The second kappa shape index (κ2) is 4.83. The summed E-state index contributed by atoms with van der Waals surface area (Å²) in [6.07, 6.45) is 2.34. The molecule has 1 saturated heterocycles. The summed E-state index contributed by atoms with van der Waals surface area (Å²) in [5, 5.41) is 8.94. The fraction of sp³-hybridized carbons (Fsp3) is 0.900. The van der Waals surface area contributed by atoms with E-state index in [9.17, 15) is 0 Å². The molecule has 0 unspecified atom stereocenters. The first-order chi connectivity index (χ1) is 5.72. The highest BCUT2D eigenvalue weighted by molar-refractivity contribution is 4.84. The van der Waals surface area contributed by atoms with Gasteiger partial charge in [0.15, 0.2) is 0 Å². The average Bonchev–Trinajstić information content (AvgIpc) is 2.05. The lowest BCUT2D eigenvalue weighted by atomic mass is 9.97. The summed E-state index contributed by atoms with van der Waals surface area (Å²) in [5.74, 6) is 2.05. The van der Waals surface area contributed by atoms with Crippen molar-refractivity contribution < 1.29 is 5.11 Å². The lowest BCUT2D eigenvalue weighted by Crippen LogP contribution is -2.36. The molecule has 12 heavy (non-hydrogen) atoms. The maximum Gasteiger partial charge on any atom is 0.0460 e. The Bertz CT molecular complexity index is 117. The van der Waals surface area contributed by atoms with Gasteiger partial charge in [-0.15, -0.1) is 0 Å². The zero-order chi connectivity index (χ0) is 8.97. The summed E-state index contributed by atoms with van der Waals surface area (Å²) in [6.45, 7) is 8.20. The molecular weight excluding hydrogens is 150 g/mol. The van der Waals surface area contributed by atoms with Crippen LogP contribution in [0.15, 0.2) is 0 Å². The van der Waals surface area contributed by atoms with E-state index in [2.05, 4.69) is 18.7 Å². The molecular formula is C10H20NO. The normalized spacial score (nSPS) is 22.0. The Kier molecular flexibility index (Phi) is 4.02. The second-order valence-electron chi connectivity index (χ2n) is 4.11. The summed E-state index contributed by atoms with van der Waals surface area (Å²) < 4.78 is 0. The van der Waals surface area contributed by atoms with E-state index in [1.54, 1.807) is 0 Å². The summed E-state index contributed by atoms with van der Waals surface area (Å²) in [4.78, 5) is 2.47. The fourth-order valence-corrected chi connectivity index (χ4v) is 1.77. The van der Waals surface area contributed by atoms with Gasteiger partial charge in [-0.1, -0.05) is 13.8 Å². The van der Waals surface area contributed by atoms with E-state index in [1.807, 2.05) is 0 Å². The number of aliphatic hydroxyl groups is 1. The Morgan fingerprint density at radius 2 is 1.92 bits per heavy atom. The number of hydrogen-bond donors (Lipinski definition) is 1. The highest BCUT2D eigenvalue weighted by Crippen LogP contribution is 2.17. The summed E-state index contributed by atoms with van der Waals surface area (Å²) in [5.41, 5.74) is 0.